The average molecular weight is 281 g/mol. The minimum Gasteiger partial charge on any atom is -0.444 e. The van der Waals surface area contributed by atoms with Crippen LogP contribution in [0.2, 0.25) is 0 Å². The summed E-state index contributed by atoms with van der Waals surface area (Å²) < 4.78 is 15.9. The Balaban J connectivity index is 2.01. The molecule has 0 aromatic carbocycles. The van der Waals surface area contributed by atoms with Gasteiger partial charge in [-0.15, -0.1) is 0 Å². The monoisotopic (exact) mass is 281 g/mol. The van der Waals surface area contributed by atoms with Crippen LogP contribution >= 0.6 is 0 Å². The number of rotatable bonds is 1. The van der Waals surface area contributed by atoms with Gasteiger partial charge in [0.2, 0.25) is 0 Å². The number of methoxy groups -OCH3 is 1. The van der Waals surface area contributed by atoms with Crippen molar-refractivity contribution in [2.45, 2.75) is 50.9 Å². The maximum atomic E-state index is 12.1. The van der Waals surface area contributed by atoms with Crippen molar-refractivity contribution in [3.63, 3.8) is 0 Å². The van der Waals surface area contributed by atoms with Gasteiger partial charge in [0.05, 0.1) is 19.3 Å². The lowest BCUT2D eigenvalue weighted by Crippen LogP contribution is -2.50. The van der Waals surface area contributed by atoms with Crippen LogP contribution in [0.15, 0.2) is 0 Å². The van der Waals surface area contributed by atoms with E-state index in [0.717, 1.165) is 12.8 Å². The molecule has 20 heavy (non-hydrogen) atoms. The molecular formula is C15H23NO4. The van der Waals surface area contributed by atoms with Gasteiger partial charge in [0, 0.05) is 13.7 Å². The third kappa shape index (κ3) is 3.44. The smallest absolute Gasteiger partial charge is 0.411 e. The molecule has 2 aliphatic heterocycles. The summed E-state index contributed by atoms with van der Waals surface area (Å²) in [4.78, 5) is 13.8. The summed E-state index contributed by atoms with van der Waals surface area (Å²) in [5, 5.41) is 0. The van der Waals surface area contributed by atoms with Gasteiger partial charge in [0.15, 0.2) is 5.60 Å². The van der Waals surface area contributed by atoms with E-state index in [1.807, 2.05) is 20.8 Å². The van der Waals surface area contributed by atoms with Gasteiger partial charge in [-0.2, -0.15) is 0 Å². The molecule has 1 atom stereocenters. The van der Waals surface area contributed by atoms with E-state index in [2.05, 4.69) is 11.8 Å². The summed E-state index contributed by atoms with van der Waals surface area (Å²) in [5.41, 5.74) is -0.963. The molecule has 112 valence electrons. The van der Waals surface area contributed by atoms with Gasteiger partial charge < -0.3 is 14.2 Å². The van der Waals surface area contributed by atoms with Crippen LogP contribution in [-0.4, -0.2) is 55.1 Å². The zero-order valence-electron chi connectivity index (χ0n) is 12.7. The van der Waals surface area contributed by atoms with Gasteiger partial charge in [-0.1, -0.05) is 11.8 Å². The Morgan fingerprint density at radius 3 is 2.60 bits per heavy atom. The van der Waals surface area contributed by atoms with E-state index in [1.54, 1.807) is 12.0 Å². The minimum absolute atomic E-state index is 0.0857. The Morgan fingerprint density at radius 2 is 2.10 bits per heavy atom. The molecule has 1 amide bonds. The fraction of sp³-hybridized carbons (Fsp3) is 0.800. The Kier molecular flexibility index (Phi) is 4.26. The molecule has 2 aliphatic rings. The Morgan fingerprint density at radius 1 is 1.40 bits per heavy atom. The molecule has 2 heterocycles. The summed E-state index contributed by atoms with van der Waals surface area (Å²) in [6, 6.07) is -0.0857. The number of likely N-dealkylation sites (tertiary alicyclic amines) is 1. The Labute approximate surface area is 120 Å². The topological polar surface area (TPSA) is 48.0 Å². The standard InChI is InChI=1S/C15H23NO4/c1-14(2,3)20-13(17)16-9-5-6-12(16)7-8-15(18-4)10-19-11-15/h12H,5-6,9-11H2,1-4H3/t12-/m0/s1. The first-order valence-corrected chi connectivity index (χ1v) is 7.00. The number of hydrogen-bond donors (Lipinski definition) is 0. The first kappa shape index (κ1) is 15.1. The molecule has 0 N–H and O–H groups in total. The number of nitrogens with zero attached hydrogens (tertiary/aromatic N) is 1. The number of hydrogen-bond acceptors (Lipinski definition) is 4. The van der Waals surface area contributed by atoms with Gasteiger partial charge in [0.25, 0.3) is 0 Å². The molecule has 2 fully saturated rings. The first-order chi connectivity index (χ1) is 9.35. The Bertz CT molecular complexity index is 420. The van der Waals surface area contributed by atoms with Crippen LogP contribution in [0.3, 0.4) is 0 Å². The molecule has 0 radical (unpaired) electrons. The summed E-state index contributed by atoms with van der Waals surface area (Å²) in [6.45, 7) is 7.30. The summed E-state index contributed by atoms with van der Waals surface area (Å²) in [7, 11) is 1.64. The normalized spacial score (nSPS) is 24.6. The lowest BCUT2D eigenvalue weighted by atomic mass is 10.0. The minimum atomic E-state index is -0.484. The van der Waals surface area contributed by atoms with Gasteiger partial charge in [-0.25, -0.2) is 4.79 Å². The van der Waals surface area contributed by atoms with Crippen molar-refractivity contribution in [1.82, 2.24) is 4.90 Å². The molecule has 0 saturated carbocycles. The van der Waals surface area contributed by atoms with Crippen molar-refractivity contribution in [2.24, 2.45) is 0 Å². The maximum absolute atomic E-state index is 12.1. The quantitative estimate of drug-likeness (QED) is 0.688. The van der Waals surface area contributed by atoms with Gasteiger partial charge >= 0.3 is 6.09 Å². The van der Waals surface area contributed by atoms with E-state index in [0.29, 0.717) is 19.8 Å². The highest BCUT2D eigenvalue weighted by Crippen LogP contribution is 2.23. The number of carbonyl (C=O) groups is 1. The lowest BCUT2D eigenvalue weighted by Gasteiger charge is -2.35. The van der Waals surface area contributed by atoms with Crippen LogP contribution in [0.1, 0.15) is 33.6 Å². The zero-order chi connectivity index (χ0) is 14.8. The second-order valence-electron chi connectivity index (χ2n) is 6.29. The van der Waals surface area contributed by atoms with E-state index in [-0.39, 0.29) is 12.1 Å². The second-order valence-corrected chi connectivity index (χ2v) is 6.29. The van der Waals surface area contributed by atoms with E-state index < -0.39 is 11.2 Å². The van der Waals surface area contributed by atoms with Crippen molar-refractivity contribution >= 4 is 6.09 Å². The van der Waals surface area contributed by atoms with E-state index in [9.17, 15) is 4.79 Å². The molecule has 0 aliphatic carbocycles. The molecule has 0 aromatic rings. The summed E-state index contributed by atoms with van der Waals surface area (Å²) >= 11 is 0. The molecule has 5 heteroatoms. The molecule has 2 saturated heterocycles. The van der Waals surface area contributed by atoms with Crippen molar-refractivity contribution in [1.29, 1.82) is 0 Å². The molecule has 5 nitrogen and oxygen atoms in total. The predicted molar refractivity (Wildman–Crippen MR) is 74.3 cm³/mol. The molecule has 0 aromatic heterocycles. The number of amides is 1. The first-order valence-electron chi connectivity index (χ1n) is 7.00. The highest BCUT2D eigenvalue weighted by molar-refractivity contribution is 5.69. The van der Waals surface area contributed by atoms with Crippen LogP contribution in [0.5, 0.6) is 0 Å². The van der Waals surface area contributed by atoms with Gasteiger partial charge in [0.1, 0.15) is 5.60 Å². The molecule has 2 rings (SSSR count). The van der Waals surface area contributed by atoms with Crippen LogP contribution < -0.4 is 0 Å². The maximum Gasteiger partial charge on any atom is 0.411 e. The average Bonchev–Trinajstić information content (AvgIpc) is 2.74. The molecule has 0 spiro atoms. The third-order valence-corrected chi connectivity index (χ3v) is 3.41. The van der Waals surface area contributed by atoms with Crippen molar-refractivity contribution in [2.75, 3.05) is 26.9 Å². The highest BCUT2D eigenvalue weighted by atomic mass is 16.6. The fourth-order valence-corrected chi connectivity index (χ4v) is 2.20. The van der Waals surface area contributed by atoms with E-state index in [1.165, 1.54) is 0 Å². The van der Waals surface area contributed by atoms with E-state index in [4.69, 9.17) is 14.2 Å². The number of ether oxygens (including phenoxy) is 3. The van der Waals surface area contributed by atoms with Crippen LogP contribution in [0, 0.1) is 11.8 Å². The number of carbonyl (C=O) groups excluding carboxylic acids is 1. The zero-order valence-corrected chi connectivity index (χ0v) is 12.7. The molecular weight excluding hydrogens is 258 g/mol. The van der Waals surface area contributed by atoms with Gasteiger partial charge in [-0.05, 0) is 33.6 Å². The molecule has 0 bridgehead atoms. The van der Waals surface area contributed by atoms with Crippen LogP contribution in [-0.2, 0) is 14.2 Å². The second kappa shape index (κ2) is 5.63. The largest absolute Gasteiger partial charge is 0.444 e. The highest BCUT2D eigenvalue weighted by Gasteiger charge is 2.38. The summed E-state index contributed by atoms with van der Waals surface area (Å²) in [5.74, 6) is 6.29. The lowest BCUT2D eigenvalue weighted by molar-refractivity contribution is -0.159. The Hall–Kier alpha value is -1.25. The van der Waals surface area contributed by atoms with Crippen LogP contribution in [0.4, 0.5) is 4.79 Å². The van der Waals surface area contributed by atoms with Crippen molar-refractivity contribution in [3.8, 4) is 11.8 Å². The van der Waals surface area contributed by atoms with E-state index >= 15 is 0 Å². The SMILES string of the molecule is COC1(C#C[C@@H]2CCCN2C(=O)OC(C)(C)C)COC1. The molecule has 0 unspecified atom stereocenters. The van der Waals surface area contributed by atoms with Crippen molar-refractivity contribution < 1.29 is 19.0 Å². The van der Waals surface area contributed by atoms with Crippen LogP contribution in [0.25, 0.3) is 0 Å². The van der Waals surface area contributed by atoms with Crippen molar-refractivity contribution in [3.05, 3.63) is 0 Å². The van der Waals surface area contributed by atoms with Gasteiger partial charge in [-0.3, -0.25) is 4.90 Å². The predicted octanol–water partition coefficient (Wildman–Crippen LogP) is 1.80. The fourth-order valence-electron chi connectivity index (χ4n) is 2.20. The summed E-state index contributed by atoms with van der Waals surface area (Å²) in [6.07, 6.45) is 1.55. The third-order valence-electron chi connectivity index (χ3n) is 3.41.